The van der Waals surface area contributed by atoms with Crippen LogP contribution < -0.4 is 0 Å². The predicted molar refractivity (Wildman–Crippen MR) is 174 cm³/mol. The Balaban J connectivity index is 0.000000171. The normalized spacial score (nSPS) is 17.8. The van der Waals surface area contributed by atoms with Crippen molar-refractivity contribution in [3.8, 4) is 0 Å². The first-order valence-electron chi connectivity index (χ1n) is 13.8. The lowest BCUT2D eigenvalue weighted by atomic mass is 9.94. The van der Waals surface area contributed by atoms with Crippen LogP contribution in [0.5, 0.6) is 0 Å². The molecule has 2 saturated heterocycles. The van der Waals surface area contributed by atoms with Crippen LogP contribution in [0.25, 0.3) is 0 Å². The summed E-state index contributed by atoms with van der Waals surface area (Å²) in [5.74, 6) is 0. The fourth-order valence-corrected chi connectivity index (χ4v) is 6.62. The fraction of sp³-hybridized carbons (Fsp3) is 0.273. The average molecular weight is 715 g/mol. The number of hydrogen-bond acceptors (Lipinski definition) is 6. The Labute approximate surface area is 265 Å². The number of aliphatic hydroxyl groups excluding tert-OH is 1. The standard InChI is InChI=1S/C17H18BrNO3S.C16H16BrNO/c1-23(20,21)22-16-11-19(12-16)17(13-5-3-2-4-6-13)14-7-9-15(18)10-8-14;17-14-8-6-13(7-9-14)16(18-10-15(19)11-18)12-4-2-1-3-5-12/h2-10,16-17H,11-12H2,1H3;1-9,15-16,19H,10-11H2/t17-;16-/m00/s1. The van der Waals surface area contributed by atoms with Crippen molar-refractivity contribution in [2.45, 2.75) is 24.3 Å². The molecule has 0 amide bonds. The monoisotopic (exact) mass is 712 g/mol. The molecule has 0 unspecified atom stereocenters. The Kier molecular flexibility index (Phi) is 10.3. The Morgan fingerprint density at radius 3 is 1.36 bits per heavy atom. The largest absolute Gasteiger partial charge is 0.390 e. The van der Waals surface area contributed by atoms with Gasteiger partial charge in [0.25, 0.3) is 10.1 Å². The Morgan fingerprint density at radius 2 is 1.00 bits per heavy atom. The van der Waals surface area contributed by atoms with Crippen LogP contribution in [0, 0.1) is 0 Å². The molecule has 0 radical (unpaired) electrons. The Bertz CT molecular complexity index is 1530. The van der Waals surface area contributed by atoms with Gasteiger partial charge in [0.05, 0.1) is 24.4 Å². The molecule has 9 heteroatoms. The van der Waals surface area contributed by atoms with Crippen molar-refractivity contribution in [2.24, 2.45) is 0 Å². The molecule has 4 aromatic carbocycles. The van der Waals surface area contributed by atoms with Gasteiger partial charge in [-0.1, -0.05) is 117 Å². The summed E-state index contributed by atoms with van der Waals surface area (Å²) in [5.41, 5.74) is 4.91. The molecular formula is C33H34Br2N2O4S. The van der Waals surface area contributed by atoms with Crippen molar-refractivity contribution >= 4 is 42.0 Å². The minimum absolute atomic E-state index is 0.101. The number of hydrogen-bond donors (Lipinski definition) is 1. The smallest absolute Gasteiger partial charge is 0.264 e. The molecule has 42 heavy (non-hydrogen) atoms. The number of nitrogens with zero attached hydrogens (tertiary/aromatic N) is 2. The highest BCUT2D eigenvalue weighted by Gasteiger charge is 2.36. The number of β-amino-alcohol motifs (C(OH)–C–C–N with tert-alkyl or cyclic N) is 1. The first-order chi connectivity index (χ1) is 20.2. The third-order valence-electron chi connectivity index (χ3n) is 7.41. The molecule has 6 nitrogen and oxygen atoms in total. The number of likely N-dealkylation sites (tertiary alicyclic amines) is 2. The van der Waals surface area contributed by atoms with Crippen LogP contribution in [0.2, 0.25) is 0 Å². The van der Waals surface area contributed by atoms with Gasteiger partial charge < -0.3 is 5.11 Å². The maximum absolute atomic E-state index is 11.2. The second-order valence-electron chi connectivity index (χ2n) is 10.7. The summed E-state index contributed by atoms with van der Waals surface area (Å²) < 4.78 is 29.7. The van der Waals surface area contributed by atoms with Crippen LogP contribution in [-0.4, -0.2) is 68.0 Å². The van der Waals surface area contributed by atoms with E-state index >= 15 is 0 Å². The van der Waals surface area contributed by atoms with Gasteiger partial charge in [-0.05, 0) is 46.5 Å². The van der Waals surface area contributed by atoms with E-state index in [0.717, 1.165) is 28.3 Å². The molecule has 2 heterocycles. The lowest BCUT2D eigenvalue weighted by Gasteiger charge is -2.43. The molecule has 0 bridgehead atoms. The van der Waals surface area contributed by atoms with Gasteiger partial charge in [-0.3, -0.25) is 14.0 Å². The number of rotatable bonds is 8. The highest BCUT2D eigenvalue weighted by molar-refractivity contribution is 9.10. The van der Waals surface area contributed by atoms with Crippen molar-refractivity contribution in [3.05, 3.63) is 140 Å². The molecule has 0 aliphatic carbocycles. The minimum atomic E-state index is -3.40. The van der Waals surface area contributed by atoms with Crippen LogP contribution in [0.15, 0.2) is 118 Å². The van der Waals surface area contributed by atoms with Gasteiger partial charge in [-0.15, -0.1) is 0 Å². The SMILES string of the molecule is CS(=O)(=O)OC1CN([C@@H](c2ccccc2)c2ccc(Br)cc2)C1.OC1CN([C@@H](c2ccccc2)c2ccc(Br)cc2)C1. The lowest BCUT2D eigenvalue weighted by Crippen LogP contribution is -2.54. The van der Waals surface area contributed by atoms with Gasteiger partial charge >= 0.3 is 0 Å². The topological polar surface area (TPSA) is 70.1 Å². The average Bonchev–Trinajstić information content (AvgIpc) is 2.94. The van der Waals surface area contributed by atoms with Gasteiger partial charge in [0.1, 0.15) is 6.10 Å². The summed E-state index contributed by atoms with van der Waals surface area (Å²) in [5, 5.41) is 9.56. The van der Waals surface area contributed by atoms with Gasteiger partial charge in [-0.25, -0.2) is 0 Å². The molecule has 2 aliphatic rings. The third kappa shape index (κ3) is 8.17. The van der Waals surface area contributed by atoms with E-state index in [-0.39, 0.29) is 24.3 Å². The Morgan fingerprint density at radius 1 is 0.643 bits per heavy atom. The molecular weight excluding hydrogens is 680 g/mol. The number of halogens is 2. The van der Waals surface area contributed by atoms with E-state index in [4.69, 9.17) is 4.18 Å². The highest BCUT2D eigenvalue weighted by atomic mass is 79.9. The van der Waals surface area contributed by atoms with E-state index in [9.17, 15) is 13.5 Å². The fourth-order valence-electron chi connectivity index (χ4n) is 5.48. The second-order valence-corrected chi connectivity index (χ2v) is 14.1. The molecule has 6 rings (SSSR count). The summed E-state index contributed by atoms with van der Waals surface area (Å²) in [6.07, 6.45) is 0.660. The summed E-state index contributed by atoms with van der Waals surface area (Å²) in [4.78, 5) is 4.54. The Hall–Kier alpha value is -2.37. The third-order valence-corrected chi connectivity index (χ3v) is 9.09. The maximum Gasteiger partial charge on any atom is 0.264 e. The zero-order valence-electron chi connectivity index (χ0n) is 23.3. The molecule has 2 atom stereocenters. The van der Waals surface area contributed by atoms with E-state index in [1.807, 2.05) is 36.4 Å². The number of aliphatic hydroxyl groups is 1. The highest BCUT2D eigenvalue weighted by Crippen LogP contribution is 2.34. The first-order valence-corrected chi connectivity index (χ1v) is 17.2. The molecule has 4 aromatic rings. The van der Waals surface area contributed by atoms with Crippen LogP contribution in [0.1, 0.15) is 34.3 Å². The zero-order valence-corrected chi connectivity index (χ0v) is 27.2. The zero-order chi connectivity index (χ0) is 29.7. The molecule has 0 saturated carbocycles. The van der Waals surface area contributed by atoms with Crippen LogP contribution in [0.3, 0.4) is 0 Å². The van der Waals surface area contributed by atoms with E-state index in [0.29, 0.717) is 13.1 Å². The van der Waals surface area contributed by atoms with Crippen molar-refractivity contribution < 1.29 is 17.7 Å². The quantitative estimate of drug-likeness (QED) is 0.213. The molecule has 220 valence electrons. The van der Waals surface area contributed by atoms with Crippen molar-refractivity contribution in [1.82, 2.24) is 9.80 Å². The van der Waals surface area contributed by atoms with Gasteiger partial charge in [0.15, 0.2) is 0 Å². The van der Waals surface area contributed by atoms with Gasteiger partial charge in [-0.2, -0.15) is 8.42 Å². The van der Waals surface area contributed by atoms with E-state index in [1.165, 1.54) is 22.3 Å². The summed E-state index contributed by atoms with van der Waals surface area (Å²) in [6.45, 7) is 2.69. The predicted octanol–water partition coefficient (Wildman–Crippen LogP) is 6.41. The summed E-state index contributed by atoms with van der Waals surface area (Å²) in [6, 6.07) is 37.7. The molecule has 0 spiro atoms. The molecule has 2 aliphatic heterocycles. The lowest BCUT2D eigenvalue weighted by molar-refractivity contribution is -0.0160. The van der Waals surface area contributed by atoms with Crippen LogP contribution in [-0.2, 0) is 14.3 Å². The van der Waals surface area contributed by atoms with Crippen molar-refractivity contribution in [1.29, 1.82) is 0 Å². The van der Waals surface area contributed by atoms with Crippen molar-refractivity contribution in [2.75, 3.05) is 32.4 Å². The number of benzene rings is 4. The minimum Gasteiger partial charge on any atom is -0.390 e. The van der Waals surface area contributed by atoms with Gasteiger partial charge in [0, 0.05) is 35.1 Å². The van der Waals surface area contributed by atoms with Crippen LogP contribution in [0.4, 0.5) is 0 Å². The summed E-state index contributed by atoms with van der Waals surface area (Å²) in [7, 11) is -3.40. The van der Waals surface area contributed by atoms with E-state index < -0.39 is 10.1 Å². The first kappa shape index (κ1) is 31.1. The van der Waals surface area contributed by atoms with Crippen molar-refractivity contribution in [3.63, 3.8) is 0 Å². The van der Waals surface area contributed by atoms with Crippen LogP contribution >= 0.6 is 31.9 Å². The maximum atomic E-state index is 11.2. The summed E-state index contributed by atoms with van der Waals surface area (Å²) >= 11 is 6.94. The molecule has 2 fully saturated rings. The van der Waals surface area contributed by atoms with Gasteiger partial charge in [0.2, 0.25) is 0 Å². The molecule has 1 N–H and O–H groups in total. The molecule has 0 aromatic heterocycles. The van der Waals surface area contributed by atoms with E-state index in [2.05, 4.69) is 114 Å². The second kappa shape index (κ2) is 13.9. The van der Waals surface area contributed by atoms with E-state index in [1.54, 1.807) is 0 Å².